The molecule has 16 heavy (non-hydrogen) atoms. The molecule has 1 aromatic heterocycles. The first-order valence-electron chi connectivity index (χ1n) is 4.47. The Morgan fingerprint density at radius 3 is 2.50 bits per heavy atom. The Bertz CT molecular complexity index is 498. The van der Waals surface area contributed by atoms with Gasteiger partial charge in [0.15, 0.2) is 0 Å². The van der Waals surface area contributed by atoms with Crippen molar-refractivity contribution < 1.29 is 0 Å². The summed E-state index contributed by atoms with van der Waals surface area (Å²) in [6.45, 7) is 0. The molecule has 0 bridgehead atoms. The molecule has 0 fully saturated rings. The Kier molecular flexibility index (Phi) is 3.54. The monoisotopic (exact) mass is 272 g/mol. The number of imidazole rings is 1. The highest BCUT2D eigenvalue weighted by Crippen LogP contribution is 2.33. The fourth-order valence-corrected chi connectivity index (χ4v) is 2.28. The van der Waals surface area contributed by atoms with E-state index >= 15 is 0 Å². The number of benzene rings is 1. The molecule has 0 radical (unpaired) electrons. The number of hydrogen-bond acceptors (Lipinski definition) is 1. The molecule has 0 aliphatic rings. The lowest BCUT2D eigenvalue weighted by atomic mass is 10.2. The summed E-state index contributed by atoms with van der Waals surface area (Å²) in [4.78, 5) is 3.91. The Morgan fingerprint density at radius 1 is 1.25 bits per heavy atom. The molecule has 0 saturated carbocycles. The summed E-state index contributed by atoms with van der Waals surface area (Å²) in [6.07, 6.45) is 6.76. The largest absolute Gasteiger partial charge is 0.312 e. The molecule has 0 unspecified atom stereocenters. The summed E-state index contributed by atoms with van der Waals surface area (Å²) < 4.78 is 1.72. The summed E-state index contributed by atoms with van der Waals surface area (Å²) >= 11 is 18.2. The topological polar surface area (TPSA) is 17.8 Å². The highest BCUT2D eigenvalue weighted by Gasteiger charge is 2.08. The minimum absolute atomic E-state index is 0.466. The molecule has 5 heteroatoms. The number of hydrogen-bond donors (Lipinski definition) is 0. The highest BCUT2D eigenvalue weighted by atomic mass is 35.5. The van der Waals surface area contributed by atoms with Crippen LogP contribution in [-0.2, 0) is 0 Å². The van der Waals surface area contributed by atoms with Crippen molar-refractivity contribution >= 4 is 46.0 Å². The van der Waals surface area contributed by atoms with Crippen LogP contribution in [0.4, 0.5) is 0 Å². The maximum absolute atomic E-state index is 6.15. The molecule has 1 heterocycles. The second-order valence-corrected chi connectivity index (χ2v) is 4.31. The molecule has 0 saturated heterocycles. The average Bonchev–Trinajstić information content (AvgIpc) is 2.70. The van der Waals surface area contributed by atoms with Gasteiger partial charge in [-0.2, -0.15) is 0 Å². The standard InChI is InChI=1S/C11H7Cl3N2/c12-8-2-1-3-9(13)11(8)10(14)6-16-5-4-15-7-16/h1-7H/b10-6+. The van der Waals surface area contributed by atoms with Crippen molar-refractivity contribution in [3.05, 3.63) is 52.5 Å². The van der Waals surface area contributed by atoms with Gasteiger partial charge in [0.2, 0.25) is 0 Å². The molecule has 0 amide bonds. The number of rotatable bonds is 2. The van der Waals surface area contributed by atoms with Crippen LogP contribution in [0, 0.1) is 0 Å². The lowest BCUT2D eigenvalue weighted by Crippen LogP contribution is -1.85. The van der Waals surface area contributed by atoms with Gasteiger partial charge in [0.25, 0.3) is 0 Å². The molecule has 0 aliphatic carbocycles. The minimum Gasteiger partial charge on any atom is -0.312 e. The fourth-order valence-electron chi connectivity index (χ4n) is 1.27. The van der Waals surface area contributed by atoms with Gasteiger partial charge in [-0.15, -0.1) is 0 Å². The van der Waals surface area contributed by atoms with Crippen molar-refractivity contribution in [2.75, 3.05) is 0 Å². The van der Waals surface area contributed by atoms with E-state index in [1.54, 1.807) is 47.7 Å². The Labute approximate surface area is 108 Å². The summed E-state index contributed by atoms with van der Waals surface area (Å²) in [6, 6.07) is 5.26. The zero-order valence-corrected chi connectivity index (χ0v) is 10.3. The van der Waals surface area contributed by atoms with Gasteiger partial charge in [-0.1, -0.05) is 40.9 Å². The Balaban J connectivity index is 2.45. The highest BCUT2D eigenvalue weighted by molar-refractivity contribution is 6.54. The van der Waals surface area contributed by atoms with Crippen LogP contribution in [0.25, 0.3) is 11.2 Å². The van der Waals surface area contributed by atoms with Gasteiger partial charge in [0, 0.05) is 24.2 Å². The minimum atomic E-state index is 0.466. The van der Waals surface area contributed by atoms with Gasteiger partial charge in [0.1, 0.15) is 0 Å². The van der Waals surface area contributed by atoms with Crippen molar-refractivity contribution in [3.63, 3.8) is 0 Å². The summed E-state index contributed by atoms with van der Waals surface area (Å²) in [5.41, 5.74) is 0.626. The van der Waals surface area contributed by atoms with Crippen LogP contribution in [0.3, 0.4) is 0 Å². The van der Waals surface area contributed by atoms with Gasteiger partial charge < -0.3 is 4.57 Å². The zero-order chi connectivity index (χ0) is 11.5. The molecule has 2 aromatic rings. The molecule has 82 valence electrons. The van der Waals surface area contributed by atoms with E-state index in [9.17, 15) is 0 Å². The van der Waals surface area contributed by atoms with Crippen molar-refractivity contribution in [2.24, 2.45) is 0 Å². The van der Waals surface area contributed by atoms with E-state index in [1.807, 2.05) is 0 Å². The van der Waals surface area contributed by atoms with E-state index < -0.39 is 0 Å². The smallest absolute Gasteiger partial charge is 0.0987 e. The molecular formula is C11H7Cl3N2. The van der Waals surface area contributed by atoms with E-state index in [4.69, 9.17) is 34.8 Å². The van der Waals surface area contributed by atoms with Gasteiger partial charge in [-0.05, 0) is 12.1 Å². The predicted octanol–water partition coefficient (Wildman–Crippen LogP) is 4.38. The molecule has 1 aromatic carbocycles. The zero-order valence-electron chi connectivity index (χ0n) is 8.07. The molecule has 2 rings (SSSR count). The van der Waals surface area contributed by atoms with Crippen LogP contribution in [0.1, 0.15) is 5.56 Å². The van der Waals surface area contributed by atoms with E-state index in [-0.39, 0.29) is 0 Å². The third kappa shape index (κ3) is 2.40. The Hall–Kier alpha value is -0.960. The predicted molar refractivity (Wildman–Crippen MR) is 68.7 cm³/mol. The first kappa shape index (κ1) is 11.5. The van der Waals surface area contributed by atoms with Crippen molar-refractivity contribution in [3.8, 4) is 0 Å². The van der Waals surface area contributed by atoms with E-state index in [2.05, 4.69) is 4.98 Å². The van der Waals surface area contributed by atoms with Crippen molar-refractivity contribution in [2.45, 2.75) is 0 Å². The number of halogens is 3. The van der Waals surface area contributed by atoms with Gasteiger partial charge >= 0.3 is 0 Å². The molecular weight excluding hydrogens is 266 g/mol. The summed E-state index contributed by atoms with van der Waals surface area (Å²) in [5, 5.41) is 1.51. The molecule has 2 nitrogen and oxygen atoms in total. The normalized spacial score (nSPS) is 11.8. The van der Waals surface area contributed by atoms with Crippen molar-refractivity contribution in [1.82, 2.24) is 9.55 Å². The molecule has 0 N–H and O–H groups in total. The summed E-state index contributed by atoms with van der Waals surface area (Å²) in [7, 11) is 0. The van der Waals surface area contributed by atoms with E-state index in [0.29, 0.717) is 20.6 Å². The van der Waals surface area contributed by atoms with E-state index in [0.717, 1.165) is 0 Å². The second kappa shape index (κ2) is 4.91. The molecule has 0 atom stereocenters. The van der Waals surface area contributed by atoms with Crippen LogP contribution in [-0.4, -0.2) is 9.55 Å². The third-order valence-corrected chi connectivity index (χ3v) is 2.91. The van der Waals surface area contributed by atoms with Crippen LogP contribution in [0.15, 0.2) is 36.9 Å². The first-order valence-corrected chi connectivity index (χ1v) is 5.61. The summed E-state index contributed by atoms with van der Waals surface area (Å²) in [5.74, 6) is 0. The van der Waals surface area contributed by atoms with Gasteiger partial charge in [0.05, 0.1) is 21.4 Å². The lowest BCUT2D eigenvalue weighted by molar-refractivity contribution is 1.14. The molecule has 0 aliphatic heterocycles. The van der Waals surface area contributed by atoms with Crippen LogP contribution < -0.4 is 0 Å². The number of nitrogens with zero attached hydrogens (tertiary/aromatic N) is 2. The maximum atomic E-state index is 6.15. The van der Waals surface area contributed by atoms with Gasteiger partial charge in [-0.3, -0.25) is 0 Å². The first-order chi connectivity index (χ1) is 7.68. The Morgan fingerprint density at radius 2 is 1.94 bits per heavy atom. The van der Waals surface area contributed by atoms with E-state index in [1.165, 1.54) is 0 Å². The second-order valence-electron chi connectivity index (χ2n) is 3.08. The van der Waals surface area contributed by atoms with Gasteiger partial charge in [-0.25, -0.2) is 4.98 Å². The fraction of sp³-hybridized carbons (Fsp3) is 0. The van der Waals surface area contributed by atoms with Crippen LogP contribution in [0.5, 0.6) is 0 Å². The average molecular weight is 274 g/mol. The molecule has 0 spiro atoms. The lowest BCUT2D eigenvalue weighted by Gasteiger charge is -2.05. The third-order valence-electron chi connectivity index (χ3n) is 1.99. The maximum Gasteiger partial charge on any atom is 0.0987 e. The quantitative estimate of drug-likeness (QED) is 0.794. The van der Waals surface area contributed by atoms with Crippen LogP contribution >= 0.6 is 34.8 Å². The number of aromatic nitrogens is 2. The van der Waals surface area contributed by atoms with Crippen molar-refractivity contribution in [1.29, 1.82) is 0 Å². The SMILES string of the molecule is Cl/C(=C/n1ccnc1)c1c(Cl)cccc1Cl. The van der Waals surface area contributed by atoms with Crippen LogP contribution in [0.2, 0.25) is 10.0 Å².